The highest BCUT2D eigenvalue weighted by atomic mass is 16.3. The summed E-state index contributed by atoms with van der Waals surface area (Å²) in [7, 11) is 0. The highest BCUT2D eigenvalue weighted by Gasteiger charge is 2.60. The van der Waals surface area contributed by atoms with Crippen LogP contribution in [-0.4, -0.2) is 11.2 Å². The zero-order valence-corrected chi connectivity index (χ0v) is 21.1. The minimum absolute atomic E-state index is 0.0111. The number of hydrogen-bond acceptors (Lipinski definition) is 1. The average molecular weight is 417 g/mol. The van der Waals surface area contributed by atoms with Crippen molar-refractivity contribution in [2.45, 2.75) is 125 Å². The number of aliphatic hydroxyl groups is 1. The van der Waals surface area contributed by atoms with Gasteiger partial charge in [-0.25, -0.2) is 0 Å². The summed E-state index contributed by atoms with van der Waals surface area (Å²) in [6.45, 7) is 15.2. The molecule has 0 unspecified atom stereocenters. The van der Waals surface area contributed by atoms with E-state index >= 15 is 0 Å². The molecule has 1 heteroatoms. The van der Waals surface area contributed by atoms with E-state index in [0.29, 0.717) is 10.8 Å². The Hall–Kier alpha value is -0.0400. The molecule has 0 bridgehead atoms. The minimum atomic E-state index is -0.0111. The fourth-order valence-electron chi connectivity index (χ4n) is 9.90. The van der Waals surface area contributed by atoms with Crippen molar-refractivity contribution in [2.24, 2.45) is 58.2 Å². The van der Waals surface area contributed by atoms with Crippen molar-refractivity contribution in [1.82, 2.24) is 0 Å². The van der Waals surface area contributed by atoms with Gasteiger partial charge in [-0.05, 0) is 122 Å². The van der Waals surface area contributed by atoms with Gasteiger partial charge in [0.2, 0.25) is 0 Å². The zero-order valence-electron chi connectivity index (χ0n) is 21.1. The first-order valence-electron chi connectivity index (χ1n) is 13.9. The van der Waals surface area contributed by atoms with Crippen LogP contribution in [0.1, 0.15) is 119 Å². The van der Waals surface area contributed by atoms with E-state index < -0.39 is 0 Å². The summed E-state index contributed by atoms with van der Waals surface area (Å²) in [5.74, 6) is 7.34. The van der Waals surface area contributed by atoms with Crippen molar-refractivity contribution in [3.05, 3.63) is 0 Å². The summed E-state index contributed by atoms with van der Waals surface area (Å²) in [4.78, 5) is 0. The van der Waals surface area contributed by atoms with E-state index in [2.05, 4.69) is 41.5 Å². The van der Waals surface area contributed by atoms with Gasteiger partial charge in [-0.1, -0.05) is 54.4 Å². The Kier molecular flexibility index (Phi) is 6.72. The maximum Gasteiger partial charge on any atom is 0.0543 e. The van der Waals surface area contributed by atoms with Crippen LogP contribution in [0.4, 0.5) is 0 Å². The van der Waals surface area contributed by atoms with E-state index in [1.165, 1.54) is 64.2 Å². The molecule has 4 aliphatic rings. The summed E-state index contributed by atoms with van der Waals surface area (Å²) < 4.78 is 0. The van der Waals surface area contributed by atoms with Gasteiger partial charge in [0, 0.05) is 0 Å². The van der Waals surface area contributed by atoms with Crippen LogP contribution >= 0.6 is 0 Å². The monoisotopic (exact) mass is 416 g/mol. The third-order valence-electron chi connectivity index (χ3n) is 11.9. The van der Waals surface area contributed by atoms with Gasteiger partial charge in [-0.3, -0.25) is 0 Å². The van der Waals surface area contributed by atoms with Crippen LogP contribution in [-0.2, 0) is 0 Å². The lowest BCUT2D eigenvalue weighted by atomic mass is 9.44. The molecule has 1 nitrogen and oxygen atoms in total. The van der Waals surface area contributed by atoms with Gasteiger partial charge in [0.25, 0.3) is 0 Å². The number of rotatable bonds is 6. The largest absolute Gasteiger partial charge is 0.393 e. The highest BCUT2D eigenvalue weighted by Crippen LogP contribution is 2.68. The molecule has 0 spiro atoms. The molecule has 4 saturated carbocycles. The van der Waals surface area contributed by atoms with Gasteiger partial charge in [-0.15, -0.1) is 0 Å². The van der Waals surface area contributed by atoms with Crippen molar-refractivity contribution in [3.63, 3.8) is 0 Å². The molecule has 10 atom stereocenters. The Bertz CT molecular complexity index is 583. The van der Waals surface area contributed by atoms with Crippen molar-refractivity contribution < 1.29 is 5.11 Å². The molecule has 1 N–H and O–H groups in total. The normalized spacial score (nSPS) is 48.0. The van der Waals surface area contributed by atoms with Gasteiger partial charge in [0.1, 0.15) is 0 Å². The fourth-order valence-corrected chi connectivity index (χ4v) is 9.90. The summed E-state index contributed by atoms with van der Waals surface area (Å²) in [6, 6.07) is 0. The lowest BCUT2D eigenvalue weighted by molar-refractivity contribution is -0.129. The van der Waals surface area contributed by atoms with Crippen molar-refractivity contribution in [1.29, 1.82) is 0 Å². The molecule has 4 aliphatic carbocycles. The third kappa shape index (κ3) is 3.82. The summed E-state index contributed by atoms with van der Waals surface area (Å²) >= 11 is 0. The van der Waals surface area contributed by atoms with Gasteiger partial charge in [0.05, 0.1) is 6.10 Å². The Morgan fingerprint density at radius 3 is 2.23 bits per heavy atom. The zero-order chi connectivity index (χ0) is 21.7. The topological polar surface area (TPSA) is 20.2 Å². The number of hydrogen-bond donors (Lipinski definition) is 1. The molecule has 0 amide bonds. The smallest absolute Gasteiger partial charge is 0.0543 e. The van der Waals surface area contributed by atoms with Gasteiger partial charge >= 0.3 is 0 Å². The highest BCUT2D eigenvalue weighted by molar-refractivity contribution is 5.09. The van der Waals surface area contributed by atoms with Crippen molar-refractivity contribution in [3.8, 4) is 0 Å². The molecule has 0 radical (unpaired) electrons. The minimum Gasteiger partial charge on any atom is -0.393 e. The van der Waals surface area contributed by atoms with E-state index in [9.17, 15) is 5.11 Å². The molecule has 0 heterocycles. The fraction of sp³-hybridized carbons (Fsp3) is 1.00. The first-order valence-corrected chi connectivity index (χ1v) is 13.9. The van der Waals surface area contributed by atoms with Crippen LogP contribution in [0.5, 0.6) is 0 Å². The quantitative estimate of drug-likeness (QED) is 0.463. The van der Waals surface area contributed by atoms with Crippen molar-refractivity contribution >= 4 is 0 Å². The maximum atomic E-state index is 10.3. The molecule has 0 aromatic heterocycles. The third-order valence-corrected chi connectivity index (χ3v) is 11.9. The Morgan fingerprint density at radius 1 is 0.833 bits per heavy atom. The molecule has 0 aliphatic heterocycles. The standard InChI is InChI=1S/C29H52O/c1-7-21(19(2)3)9-8-20(4)25-12-13-26-24-11-10-22-18-23(30)14-16-28(22,5)27(24)15-17-29(25,26)6/h19-27,30H,7-18H2,1-6H3/t20-,21-,22-,23-,24-,25-,26+,27-,28-,29+/m0/s1. The summed E-state index contributed by atoms with van der Waals surface area (Å²) in [6.07, 6.45) is 16.5. The predicted molar refractivity (Wildman–Crippen MR) is 128 cm³/mol. The lowest BCUT2D eigenvalue weighted by Crippen LogP contribution is -2.54. The van der Waals surface area contributed by atoms with Crippen molar-refractivity contribution in [2.75, 3.05) is 0 Å². The first kappa shape index (κ1) is 23.1. The summed E-state index contributed by atoms with van der Waals surface area (Å²) in [5, 5.41) is 10.3. The Labute approximate surface area is 188 Å². The van der Waals surface area contributed by atoms with Crippen LogP contribution in [0.2, 0.25) is 0 Å². The van der Waals surface area contributed by atoms with Crippen LogP contribution in [0.15, 0.2) is 0 Å². The average Bonchev–Trinajstić information content (AvgIpc) is 3.06. The molecular formula is C29H52O. The molecule has 4 fully saturated rings. The second kappa shape index (κ2) is 8.72. The van der Waals surface area contributed by atoms with E-state index in [-0.39, 0.29) is 6.10 Å². The SMILES string of the molecule is CC[C@@H](CC[C@H](C)[C@@H]1CC[C@@H]2[C@@H]3CC[C@H]4C[C@@H](O)CC[C@]4(C)[C@H]3CC[C@@]21C)C(C)C. The van der Waals surface area contributed by atoms with Gasteiger partial charge in [-0.2, -0.15) is 0 Å². The predicted octanol–water partition coefficient (Wildman–Crippen LogP) is 8.10. The molecule has 4 rings (SSSR count). The molecular weight excluding hydrogens is 364 g/mol. The van der Waals surface area contributed by atoms with E-state index in [4.69, 9.17) is 0 Å². The second-order valence-corrected chi connectivity index (χ2v) is 13.3. The van der Waals surface area contributed by atoms with E-state index in [0.717, 1.165) is 60.2 Å². The van der Waals surface area contributed by atoms with E-state index in [1.807, 2.05) is 0 Å². The summed E-state index contributed by atoms with van der Waals surface area (Å²) in [5.41, 5.74) is 1.14. The first-order chi connectivity index (χ1) is 14.2. The Morgan fingerprint density at radius 2 is 1.53 bits per heavy atom. The van der Waals surface area contributed by atoms with Crippen LogP contribution in [0, 0.1) is 58.2 Å². The van der Waals surface area contributed by atoms with Crippen LogP contribution < -0.4 is 0 Å². The van der Waals surface area contributed by atoms with Crippen LogP contribution in [0.3, 0.4) is 0 Å². The van der Waals surface area contributed by atoms with E-state index in [1.54, 1.807) is 0 Å². The van der Waals surface area contributed by atoms with Gasteiger partial charge in [0.15, 0.2) is 0 Å². The molecule has 0 aromatic carbocycles. The molecule has 0 aromatic rings. The maximum absolute atomic E-state index is 10.3. The van der Waals surface area contributed by atoms with Crippen LogP contribution in [0.25, 0.3) is 0 Å². The number of aliphatic hydroxyl groups excluding tert-OH is 1. The second-order valence-electron chi connectivity index (χ2n) is 13.3. The van der Waals surface area contributed by atoms with Gasteiger partial charge < -0.3 is 5.11 Å². The molecule has 174 valence electrons. The lowest BCUT2D eigenvalue weighted by Gasteiger charge is -2.61. The Balaban J connectivity index is 1.45. The molecule has 0 saturated heterocycles. The molecule has 30 heavy (non-hydrogen) atoms. The number of fused-ring (bicyclic) bond motifs is 5.